The summed E-state index contributed by atoms with van der Waals surface area (Å²) >= 11 is 0. The third-order valence-electron chi connectivity index (χ3n) is 2.57. The summed E-state index contributed by atoms with van der Waals surface area (Å²) in [4.78, 5) is 20.2. The van der Waals surface area contributed by atoms with E-state index in [4.69, 9.17) is 0 Å². The van der Waals surface area contributed by atoms with Gasteiger partial charge in [-0.05, 0) is 23.8 Å². The molecule has 0 fully saturated rings. The van der Waals surface area contributed by atoms with Crippen LogP contribution in [0.3, 0.4) is 0 Å². The fourth-order valence-corrected chi connectivity index (χ4v) is 1.67. The maximum absolute atomic E-state index is 11.0. The number of phenolic OH excluding ortho intramolecular Hbond substituents is 1. The van der Waals surface area contributed by atoms with E-state index >= 15 is 0 Å². The summed E-state index contributed by atoms with van der Waals surface area (Å²) in [5.74, 6) is 0.0355. The summed E-state index contributed by atoms with van der Waals surface area (Å²) in [6.45, 7) is 0. The topological polar surface area (TPSA) is 107 Å². The largest absolute Gasteiger partial charge is 1.00 e. The minimum Gasteiger partial charge on any atom is -1.00 e. The van der Waals surface area contributed by atoms with Crippen molar-refractivity contribution in [1.82, 2.24) is 0 Å². The van der Waals surface area contributed by atoms with Crippen LogP contribution in [0.5, 0.6) is 5.75 Å². The molecular formula is C12H9N2NaO5. The van der Waals surface area contributed by atoms with E-state index < -0.39 is 9.85 Å². The first-order valence-corrected chi connectivity index (χ1v) is 5.21. The zero-order chi connectivity index (χ0) is 14.0. The number of hydrogen-bond acceptors (Lipinski definition) is 5. The van der Waals surface area contributed by atoms with Gasteiger partial charge < -0.3 is 6.53 Å². The maximum atomic E-state index is 11.0. The van der Waals surface area contributed by atoms with Gasteiger partial charge in [-0.3, -0.25) is 20.2 Å². The normalized spacial score (nSPS) is 9.60. The van der Waals surface area contributed by atoms with Gasteiger partial charge in [-0.25, -0.2) is 0 Å². The van der Waals surface area contributed by atoms with Crippen LogP contribution in [0.1, 0.15) is 1.43 Å². The molecule has 7 nitrogen and oxygen atoms in total. The molecule has 0 saturated carbocycles. The summed E-state index contributed by atoms with van der Waals surface area (Å²) in [5, 5.41) is 30.8. The van der Waals surface area contributed by atoms with E-state index in [-0.39, 0.29) is 53.7 Å². The number of nitro groups is 2. The first kappa shape index (κ1) is 16.1. The quantitative estimate of drug-likeness (QED) is 0.484. The molecule has 0 amide bonds. The van der Waals surface area contributed by atoms with Gasteiger partial charge >= 0.3 is 29.6 Å². The number of rotatable bonds is 3. The second-order valence-electron chi connectivity index (χ2n) is 3.76. The molecule has 0 aliphatic carbocycles. The molecule has 0 heterocycles. The predicted octanol–water partition coefficient (Wildman–Crippen LogP) is -0.00790. The Kier molecular flexibility index (Phi) is 5.20. The summed E-state index contributed by atoms with van der Waals surface area (Å²) < 4.78 is 0. The molecule has 98 valence electrons. The van der Waals surface area contributed by atoms with Gasteiger partial charge in [0.25, 0.3) is 11.4 Å². The monoisotopic (exact) mass is 284 g/mol. The number of hydrogen-bond donors (Lipinski definition) is 1. The van der Waals surface area contributed by atoms with Crippen molar-refractivity contribution in [1.29, 1.82) is 0 Å². The Morgan fingerprint density at radius 2 is 1.55 bits per heavy atom. The Morgan fingerprint density at radius 3 is 2.05 bits per heavy atom. The molecule has 0 radical (unpaired) electrons. The van der Waals surface area contributed by atoms with Crippen molar-refractivity contribution < 1.29 is 45.9 Å². The van der Waals surface area contributed by atoms with Crippen molar-refractivity contribution in [3.05, 3.63) is 62.7 Å². The van der Waals surface area contributed by atoms with Crippen LogP contribution >= 0.6 is 0 Å². The Bertz CT molecular complexity index is 663. The maximum Gasteiger partial charge on any atom is 1.00 e. The molecule has 0 bridgehead atoms. The number of aromatic hydroxyl groups is 1. The fourth-order valence-electron chi connectivity index (χ4n) is 1.67. The van der Waals surface area contributed by atoms with Gasteiger partial charge in [0.1, 0.15) is 5.75 Å². The van der Waals surface area contributed by atoms with E-state index in [1.165, 1.54) is 36.4 Å². The molecule has 0 spiro atoms. The predicted molar refractivity (Wildman–Crippen MR) is 68.0 cm³/mol. The van der Waals surface area contributed by atoms with Crippen molar-refractivity contribution in [2.45, 2.75) is 0 Å². The van der Waals surface area contributed by atoms with E-state index in [9.17, 15) is 25.3 Å². The summed E-state index contributed by atoms with van der Waals surface area (Å²) in [7, 11) is 0. The molecular weight excluding hydrogens is 275 g/mol. The third-order valence-corrected chi connectivity index (χ3v) is 2.57. The summed E-state index contributed by atoms with van der Waals surface area (Å²) in [6.07, 6.45) is 0. The van der Waals surface area contributed by atoms with Crippen LogP contribution in [0.2, 0.25) is 0 Å². The molecule has 2 aromatic carbocycles. The number of non-ortho nitro benzene ring substituents is 1. The van der Waals surface area contributed by atoms with E-state index in [0.717, 1.165) is 6.07 Å². The molecule has 0 unspecified atom stereocenters. The van der Waals surface area contributed by atoms with Gasteiger partial charge in [0, 0.05) is 6.07 Å². The van der Waals surface area contributed by atoms with Gasteiger partial charge in [-0.15, -0.1) is 0 Å². The molecule has 0 aliphatic heterocycles. The first-order chi connectivity index (χ1) is 8.99. The van der Waals surface area contributed by atoms with Crippen LogP contribution in [0, 0.1) is 20.2 Å². The molecule has 20 heavy (non-hydrogen) atoms. The van der Waals surface area contributed by atoms with Crippen LogP contribution in [0.4, 0.5) is 11.4 Å². The summed E-state index contributed by atoms with van der Waals surface area (Å²) in [5.41, 5.74) is 0.0733. The molecule has 0 atom stereocenters. The van der Waals surface area contributed by atoms with Crippen LogP contribution < -0.4 is 29.6 Å². The minimum atomic E-state index is -0.687. The van der Waals surface area contributed by atoms with Crippen LogP contribution in [0.15, 0.2) is 42.5 Å². The minimum absolute atomic E-state index is 0. The zero-order valence-corrected chi connectivity index (χ0v) is 12.5. The van der Waals surface area contributed by atoms with E-state index in [2.05, 4.69) is 0 Å². The second kappa shape index (κ2) is 6.47. The van der Waals surface area contributed by atoms with Crippen molar-refractivity contribution in [3.8, 4) is 16.9 Å². The Balaban J connectivity index is 0.00000200. The van der Waals surface area contributed by atoms with Crippen molar-refractivity contribution in [3.63, 3.8) is 0 Å². The SMILES string of the molecule is O=[N+]([O-])c1ccc(-c2ccc(O)cc2)c([N+](=O)[O-])c1.[H-].[Na+]. The Hall–Kier alpha value is -1.96. The van der Waals surface area contributed by atoms with Gasteiger partial charge in [0.2, 0.25) is 0 Å². The van der Waals surface area contributed by atoms with Gasteiger partial charge in [0.05, 0.1) is 21.5 Å². The van der Waals surface area contributed by atoms with Gasteiger partial charge in [-0.1, -0.05) is 12.1 Å². The first-order valence-electron chi connectivity index (χ1n) is 5.21. The van der Waals surface area contributed by atoms with E-state index in [1.807, 2.05) is 0 Å². The molecule has 2 rings (SSSR count). The average molecular weight is 284 g/mol. The number of benzene rings is 2. The van der Waals surface area contributed by atoms with Crippen molar-refractivity contribution >= 4 is 11.4 Å². The van der Waals surface area contributed by atoms with Crippen molar-refractivity contribution in [2.24, 2.45) is 0 Å². The Morgan fingerprint density at radius 1 is 0.950 bits per heavy atom. The molecule has 0 aromatic heterocycles. The zero-order valence-electron chi connectivity index (χ0n) is 11.5. The van der Waals surface area contributed by atoms with Crippen molar-refractivity contribution in [2.75, 3.05) is 0 Å². The smallest absolute Gasteiger partial charge is 1.00 e. The molecule has 0 aliphatic rings. The number of phenols is 1. The standard InChI is InChI=1S/C12H8N2O5.Na.H/c15-10-4-1-8(2-5-10)11-6-3-9(13(16)17)7-12(11)14(18)19;;/h1-7,15H;;/q;+1;-1. The molecule has 1 N–H and O–H groups in total. The van der Waals surface area contributed by atoms with Crippen LogP contribution in [0.25, 0.3) is 11.1 Å². The molecule has 0 saturated heterocycles. The summed E-state index contributed by atoms with van der Waals surface area (Å²) in [6, 6.07) is 9.23. The van der Waals surface area contributed by atoms with E-state index in [1.54, 1.807) is 0 Å². The number of nitrogens with zero attached hydrogens (tertiary/aromatic N) is 2. The van der Waals surface area contributed by atoms with Crippen LogP contribution in [-0.4, -0.2) is 15.0 Å². The van der Waals surface area contributed by atoms with Gasteiger partial charge in [-0.2, -0.15) is 0 Å². The average Bonchev–Trinajstić information content (AvgIpc) is 2.38. The Labute approximate surface area is 136 Å². The van der Waals surface area contributed by atoms with E-state index in [0.29, 0.717) is 5.56 Å². The third kappa shape index (κ3) is 3.32. The molecule has 2 aromatic rings. The molecule has 8 heteroatoms. The van der Waals surface area contributed by atoms with Gasteiger partial charge in [0.15, 0.2) is 0 Å². The van der Waals surface area contributed by atoms with Crippen LogP contribution in [-0.2, 0) is 0 Å². The fraction of sp³-hybridized carbons (Fsp3) is 0. The number of nitro benzene ring substituents is 2. The second-order valence-corrected chi connectivity index (χ2v) is 3.76.